The molecule has 8 heteroatoms. The molecule has 2 heterocycles. The molecule has 25 heavy (non-hydrogen) atoms. The number of carbonyl (C=O) groups is 2. The van der Waals surface area contributed by atoms with Gasteiger partial charge < -0.3 is 10.2 Å². The molecule has 1 fully saturated rings. The Bertz CT molecular complexity index is 762. The first-order valence-electron chi connectivity index (χ1n) is 8.31. The molecule has 0 bridgehead atoms. The summed E-state index contributed by atoms with van der Waals surface area (Å²) in [5, 5.41) is 7.12. The first-order valence-corrected chi connectivity index (χ1v) is 9.11. The van der Waals surface area contributed by atoms with Gasteiger partial charge in [0, 0.05) is 24.0 Å². The third-order valence-electron chi connectivity index (χ3n) is 4.33. The third kappa shape index (κ3) is 4.07. The maximum atomic E-state index is 12.7. The van der Waals surface area contributed by atoms with E-state index < -0.39 is 0 Å². The molecular formula is C17H20BrN5O2. The Morgan fingerprint density at radius 3 is 2.96 bits per heavy atom. The second kappa shape index (κ2) is 7.77. The molecule has 7 nitrogen and oxygen atoms in total. The maximum Gasteiger partial charge on any atom is 0.229 e. The van der Waals surface area contributed by atoms with Crippen LogP contribution in [-0.4, -0.2) is 44.6 Å². The summed E-state index contributed by atoms with van der Waals surface area (Å²) in [4.78, 5) is 30.4. The molecule has 1 aliphatic heterocycles. The van der Waals surface area contributed by atoms with Gasteiger partial charge in [0.25, 0.3) is 0 Å². The molecule has 1 aromatic heterocycles. The van der Waals surface area contributed by atoms with Crippen molar-refractivity contribution in [3.63, 3.8) is 0 Å². The van der Waals surface area contributed by atoms with Crippen LogP contribution in [0.5, 0.6) is 0 Å². The highest BCUT2D eigenvalue weighted by Crippen LogP contribution is 2.26. The fourth-order valence-electron chi connectivity index (χ4n) is 3.02. The van der Waals surface area contributed by atoms with Crippen LogP contribution in [0.4, 0.5) is 5.69 Å². The van der Waals surface area contributed by atoms with Gasteiger partial charge in [0.05, 0.1) is 17.3 Å². The number of halogens is 1. The fraction of sp³-hybridized carbons (Fsp3) is 0.412. The van der Waals surface area contributed by atoms with Crippen LogP contribution in [0.15, 0.2) is 35.3 Å². The molecule has 0 spiro atoms. The van der Waals surface area contributed by atoms with Crippen molar-refractivity contribution < 1.29 is 9.59 Å². The van der Waals surface area contributed by atoms with Crippen LogP contribution in [0.25, 0.3) is 5.69 Å². The van der Waals surface area contributed by atoms with Crippen LogP contribution in [0.2, 0.25) is 0 Å². The van der Waals surface area contributed by atoms with Crippen molar-refractivity contribution in [1.82, 2.24) is 19.7 Å². The fourth-order valence-corrected chi connectivity index (χ4v) is 3.38. The van der Waals surface area contributed by atoms with E-state index in [4.69, 9.17) is 0 Å². The smallest absolute Gasteiger partial charge is 0.229 e. The zero-order valence-corrected chi connectivity index (χ0v) is 15.6. The first kappa shape index (κ1) is 17.6. The number of benzene rings is 1. The predicted molar refractivity (Wildman–Crippen MR) is 97.3 cm³/mol. The highest BCUT2D eigenvalue weighted by Gasteiger charge is 2.28. The molecule has 1 aliphatic rings. The number of anilines is 1. The summed E-state index contributed by atoms with van der Waals surface area (Å²) in [5.74, 6) is -0.178. The van der Waals surface area contributed by atoms with Gasteiger partial charge in [-0.15, -0.1) is 0 Å². The van der Waals surface area contributed by atoms with Crippen molar-refractivity contribution in [3.05, 3.63) is 35.3 Å². The van der Waals surface area contributed by atoms with E-state index in [0.29, 0.717) is 18.7 Å². The average molecular weight is 406 g/mol. The zero-order valence-electron chi connectivity index (χ0n) is 14.0. The summed E-state index contributed by atoms with van der Waals surface area (Å²) in [7, 11) is 0. The van der Waals surface area contributed by atoms with E-state index in [-0.39, 0.29) is 17.7 Å². The van der Waals surface area contributed by atoms with Crippen molar-refractivity contribution in [1.29, 1.82) is 0 Å². The van der Waals surface area contributed by atoms with Crippen LogP contribution >= 0.6 is 15.9 Å². The molecule has 1 saturated heterocycles. The van der Waals surface area contributed by atoms with E-state index in [1.54, 1.807) is 15.9 Å². The number of hydrogen-bond donors (Lipinski definition) is 1. The minimum Gasteiger partial charge on any atom is -0.342 e. The molecule has 3 rings (SSSR count). The van der Waals surface area contributed by atoms with Gasteiger partial charge in [0.15, 0.2) is 0 Å². The topological polar surface area (TPSA) is 80.1 Å². The molecule has 2 aromatic rings. The van der Waals surface area contributed by atoms with Gasteiger partial charge in [-0.25, -0.2) is 9.67 Å². The second-order valence-electron chi connectivity index (χ2n) is 6.02. The highest BCUT2D eigenvalue weighted by molar-refractivity contribution is 9.10. The van der Waals surface area contributed by atoms with Crippen molar-refractivity contribution in [2.24, 2.45) is 5.92 Å². The van der Waals surface area contributed by atoms with Gasteiger partial charge in [-0.1, -0.05) is 22.9 Å². The van der Waals surface area contributed by atoms with Crippen LogP contribution in [0, 0.1) is 5.92 Å². The molecule has 1 aromatic carbocycles. The molecule has 0 radical (unpaired) electrons. The number of rotatable bonds is 4. The quantitative estimate of drug-likeness (QED) is 0.847. The monoisotopic (exact) mass is 405 g/mol. The van der Waals surface area contributed by atoms with Crippen LogP contribution < -0.4 is 5.32 Å². The number of likely N-dealkylation sites (tertiary alicyclic amines) is 1. The minimum atomic E-state index is -0.202. The van der Waals surface area contributed by atoms with Crippen LogP contribution in [-0.2, 0) is 9.59 Å². The van der Waals surface area contributed by atoms with E-state index in [1.165, 1.54) is 6.33 Å². The Morgan fingerprint density at radius 1 is 1.40 bits per heavy atom. The second-order valence-corrected chi connectivity index (χ2v) is 6.94. The van der Waals surface area contributed by atoms with Gasteiger partial charge in [-0.05, 0) is 31.0 Å². The van der Waals surface area contributed by atoms with Crippen molar-refractivity contribution >= 4 is 33.4 Å². The summed E-state index contributed by atoms with van der Waals surface area (Å²) in [6, 6.07) is 5.59. The molecule has 1 N–H and O–H groups in total. The van der Waals surface area contributed by atoms with Crippen molar-refractivity contribution in [2.45, 2.75) is 26.2 Å². The Hall–Kier alpha value is -2.22. The van der Waals surface area contributed by atoms with Crippen molar-refractivity contribution in [3.8, 4) is 5.69 Å². The maximum absolute atomic E-state index is 12.7. The standard InChI is InChI=1S/C17H20BrN5O2/c1-2-16(24)22-7-3-4-12(9-22)17(25)21-14-8-13(18)5-6-15(14)23-11-19-10-20-23/h5-6,8,10-12H,2-4,7,9H2,1H3,(H,21,25). The number of aromatic nitrogens is 3. The lowest BCUT2D eigenvalue weighted by Crippen LogP contribution is -2.43. The Morgan fingerprint density at radius 2 is 2.24 bits per heavy atom. The zero-order chi connectivity index (χ0) is 17.8. The highest BCUT2D eigenvalue weighted by atomic mass is 79.9. The predicted octanol–water partition coefficient (Wildman–Crippen LogP) is 2.62. The molecule has 2 amide bonds. The average Bonchev–Trinajstić information content (AvgIpc) is 3.15. The van der Waals surface area contributed by atoms with E-state index in [9.17, 15) is 9.59 Å². The van der Waals surface area contributed by atoms with E-state index in [2.05, 4.69) is 31.3 Å². The minimum absolute atomic E-state index is 0.0759. The number of amides is 2. The van der Waals surface area contributed by atoms with Gasteiger partial charge in [-0.3, -0.25) is 9.59 Å². The largest absolute Gasteiger partial charge is 0.342 e. The third-order valence-corrected chi connectivity index (χ3v) is 4.82. The van der Waals surface area contributed by atoms with Crippen LogP contribution in [0.3, 0.4) is 0 Å². The normalized spacial score (nSPS) is 17.4. The number of hydrogen-bond acceptors (Lipinski definition) is 4. The van der Waals surface area contributed by atoms with Gasteiger partial charge in [-0.2, -0.15) is 5.10 Å². The molecule has 1 atom stereocenters. The lowest BCUT2D eigenvalue weighted by Gasteiger charge is -2.32. The number of nitrogens with one attached hydrogen (secondary N) is 1. The Balaban J connectivity index is 1.77. The molecule has 1 unspecified atom stereocenters. The van der Waals surface area contributed by atoms with Gasteiger partial charge in [0.2, 0.25) is 11.8 Å². The lowest BCUT2D eigenvalue weighted by molar-refractivity contribution is -0.134. The SMILES string of the molecule is CCC(=O)N1CCCC(C(=O)Nc2cc(Br)ccc2-n2cncn2)C1. The lowest BCUT2D eigenvalue weighted by atomic mass is 9.96. The molecule has 0 aliphatic carbocycles. The van der Waals surface area contributed by atoms with E-state index >= 15 is 0 Å². The van der Waals surface area contributed by atoms with E-state index in [1.807, 2.05) is 25.1 Å². The molecular weight excluding hydrogens is 386 g/mol. The summed E-state index contributed by atoms with van der Waals surface area (Å²) < 4.78 is 2.47. The Labute approximate surface area is 154 Å². The summed E-state index contributed by atoms with van der Waals surface area (Å²) in [5.41, 5.74) is 1.40. The number of piperidine rings is 1. The van der Waals surface area contributed by atoms with E-state index in [0.717, 1.165) is 29.5 Å². The summed E-state index contributed by atoms with van der Waals surface area (Å²) >= 11 is 3.43. The number of nitrogens with zero attached hydrogens (tertiary/aromatic N) is 4. The summed E-state index contributed by atoms with van der Waals surface area (Å²) in [6.07, 6.45) is 5.13. The van der Waals surface area contributed by atoms with Crippen LogP contribution in [0.1, 0.15) is 26.2 Å². The summed E-state index contributed by atoms with van der Waals surface area (Å²) in [6.45, 7) is 3.06. The molecule has 132 valence electrons. The van der Waals surface area contributed by atoms with Gasteiger partial charge in [0.1, 0.15) is 12.7 Å². The Kier molecular flexibility index (Phi) is 5.47. The van der Waals surface area contributed by atoms with Crippen molar-refractivity contribution in [2.75, 3.05) is 18.4 Å². The molecule has 0 saturated carbocycles. The van der Waals surface area contributed by atoms with Gasteiger partial charge >= 0.3 is 0 Å². The number of carbonyl (C=O) groups excluding carboxylic acids is 2. The first-order chi connectivity index (χ1) is 12.1.